The fraction of sp³-hybridized carbons (Fsp3) is 0.667. The second-order valence-corrected chi connectivity index (χ2v) is 9.25. The Balaban J connectivity index is 2.81. The summed E-state index contributed by atoms with van der Waals surface area (Å²) >= 11 is 2.02. The molecule has 1 N–H and O–H groups in total. The molecule has 0 saturated carbocycles. The molecule has 0 radical (unpaired) electrons. The smallest absolute Gasteiger partial charge is 0.0411 e. The molecule has 1 rings (SSSR count). The van der Waals surface area contributed by atoms with Crippen molar-refractivity contribution in [2.75, 3.05) is 12.3 Å². The third kappa shape index (κ3) is 5.88. The fourth-order valence-corrected chi connectivity index (χ4v) is 3.05. The monoisotopic (exact) mass is 293 g/mol. The van der Waals surface area contributed by atoms with E-state index in [1.54, 1.807) is 0 Å². The van der Waals surface area contributed by atoms with Gasteiger partial charge in [-0.1, -0.05) is 72.7 Å². The average molecular weight is 294 g/mol. The lowest BCUT2D eigenvalue weighted by Crippen LogP contribution is -2.25. The number of benzene rings is 1. The molecular weight excluding hydrogens is 262 g/mol. The van der Waals surface area contributed by atoms with Gasteiger partial charge in [0.15, 0.2) is 0 Å². The summed E-state index contributed by atoms with van der Waals surface area (Å²) < 4.78 is 0.318. The molecule has 2 heteroatoms. The molecule has 0 saturated heterocycles. The molecule has 1 aromatic carbocycles. The van der Waals surface area contributed by atoms with E-state index in [0.717, 1.165) is 12.3 Å². The highest BCUT2D eigenvalue weighted by molar-refractivity contribution is 8.00. The molecule has 0 bridgehead atoms. The minimum atomic E-state index is 0.229. The van der Waals surface area contributed by atoms with Gasteiger partial charge in [-0.3, -0.25) is 0 Å². The van der Waals surface area contributed by atoms with Gasteiger partial charge in [-0.25, -0.2) is 0 Å². The van der Waals surface area contributed by atoms with Gasteiger partial charge < -0.3 is 5.32 Å². The molecule has 0 aliphatic rings. The van der Waals surface area contributed by atoms with Crippen molar-refractivity contribution in [3.05, 3.63) is 35.4 Å². The van der Waals surface area contributed by atoms with Crippen molar-refractivity contribution in [1.82, 2.24) is 5.32 Å². The first-order valence-corrected chi connectivity index (χ1v) is 8.60. The fourth-order valence-electron chi connectivity index (χ4n) is 2.07. The highest BCUT2D eigenvalue weighted by Crippen LogP contribution is 2.29. The third-order valence-electron chi connectivity index (χ3n) is 3.31. The molecule has 20 heavy (non-hydrogen) atoms. The minimum Gasteiger partial charge on any atom is -0.310 e. The lowest BCUT2D eigenvalue weighted by atomic mass is 9.86. The van der Waals surface area contributed by atoms with Crippen molar-refractivity contribution in [2.24, 2.45) is 0 Å². The predicted molar refractivity (Wildman–Crippen MR) is 93.8 cm³/mol. The van der Waals surface area contributed by atoms with Crippen molar-refractivity contribution in [2.45, 2.75) is 64.7 Å². The van der Waals surface area contributed by atoms with Crippen LogP contribution in [0.2, 0.25) is 0 Å². The first-order valence-electron chi connectivity index (χ1n) is 7.61. The van der Waals surface area contributed by atoms with Crippen molar-refractivity contribution in [3.63, 3.8) is 0 Å². The van der Waals surface area contributed by atoms with E-state index < -0.39 is 0 Å². The molecule has 0 amide bonds. The normalized spacial score (nSPS) is 14.3. The Morgan fingerprint density at radius 1 is 1.00 bits per heavy atom. The third-order valence-corrected chi connectivity index (χ3v) is 4.68. The number of hydrogen-bond acceptors (Lipinski definition) is 2. The summed E-state index contributed by atoms with van der Waals surface area (Å²) in [7, 11) is 0. The van der Waals surface area contributed by atoms with Crippen molar-refractivity contribution >= 4 is 11.8 Å². The van der Waals surface area contributed by atoms with E-state index >= 15 is 0 Å². The van der Waals surface area contributed by atoms with Gasteiger partial charge in [-0.15, -0.1) is 0 Å². The zero-order chi connectivity index (χ0) is 15.4. The number of thioether (sulfide) groups is 1. The van der Waals surface area contributed by atoms with Crippen molar-refractivity contribution in [3.8, 4) is 0 Å². The summed E-state index contributed by atoms with van der Waals surface area (Å²) in [6, 6.07) is 9.58. The van der Waals surface area contributed by atoms with Crippen LogP contribution in [0.25, 0.3) is 0 Å². The molecule has 114 valence electrons. The van der Waals surface area contributed by atoms with E-state index in [4.69, 9.17) is 0 Å². The summed E-state index contributed by atoms with van der Waals surface area (Å²) in [5, 5.41) is 3.61. The van der Waals surface area contributed by atoms with Gasteiger partial charge in [0.2, 0.25) is 0 Å². The highest BCUT2D eigenvalue weighted by Gasteiger charge is 2.18. The SMILES string of the molecule is CCNC(CSC(C)(C)C)c1ccc(C(C)(C)C)cc1. The van der Waals surface area contributed by atoms with E-state index in [9.17, 15) is 0 Å². The highest BCUT2D eigenvalue weighted by atomic mass is 32.2. The Morgan fingerprint density at radius 3 is 1.95 bits per heavy atom. The molecule has 0 aliphatic carbocycles. The van der Waals surface area contributed by atoms with E-state index in [2.05, 4.69) is 78.0 Å². The van der Waals surface area contributed by atoms with E-state index in [1.807, 2.05) is 11.8 Å². The van der Waals surface area contributed by atoms with Crippen molar-refractivity contribution < 1.29 is 0 Å². The lowest BCUT2D eigenvalue weighted by Gasteiger charge is -2.25. The molecule has 0 fully saturated rings. The summed E-state index contributed by atoms with van der Waals surface area (Å²) in [5.74, 6) is 1.12. The molecule has 1 nitrogen and oxygen atoms in total. The maximum atomic E-state index is 3.61. The Kier molecular flexibility index (Phi) is 6.15. The Morgan fingerprint density at radius 2 is 1.55 bits per heavy atom. The molecule has 1 unspecified atom stereocenters. The second kappa shape index (κ2) is 7.00. The van der Waals surface area contributed by atoms with E-state index in [-0.39, 0.29) is 5.41 Å². The van der Waals surface area contributed by atoms with Crippen LogP contribution in [0.15, 0.2) is 24.3 Å². The first-order chi connectivity index (χ1) is 9.13. The van der Waals surface area contributed by atoms with Crippen LogP contribution < -0.4 is 5.32 Å². The van der Waals surface area contributed by atoms with Crippen LogP contribution in [-0.4, -0.2) is 17.0 Å². The van der Waals surface area contributed by atoms with Crippen LogP contribution in [0.5, 0.6) is 0 Å². The summed E-state index contributed by atoms with van der Waals surface area (Å²) in [5.41, 5.74) is 3.03. The minimum absolute atomic E-state index is 0.229. The van der Waals surface area contributed by atoms with Gasteiger partial charge in [-0.05, 0) is 23.1 Å². The van der Waals surface area contributed by atoms with Crippen LogP contribution in [-0.2, 0) is 5.41 Å². The van der Waals surface area contributed by atoms with Gasteiger partial charge in [0, 0.05) is 16.5 Å². The van der Waals surface area contributed by atoms with E-state index in [0.29, 0.717) is 10.8 Å². The zero-order valence-electron chi connectivity index (χ0n) is 14.2. The van der Waals surface area contributed by atoms with Gasteiger partial charge in [0.1, 0.15) is 0 Å². The number of hydrogen-bond donors (Lipinski definition) is 1. The van der Waals surface area contributed by atoms with Gasteiger partial charge in [0.25, 0.3) is 0 Å². The van der Waals surface area contributed by atoms with E-state index in [1.165, 1.54) is 11.1 Å². The molecular formula is C18H31NS. The molecule has 0 aromatic heterocycles. The summed E-state index contributed by atoms with van der Waals surface area (Å²) in [4.78, 5) is 0. The van der Waals surface area contributed by atoms with Crippen molar-refractivity contribution in [1.29, 1.82) is 0 Å². The number of rotatable bonds is 5. The van der Waals surface area contributed by atoms with Gasteiger partial charge >= 0.3 is 0 Å². The maximum Gasteiger partial charge on any atom is 0.0411 e. The van der Waals surface area contributed by atoms with Crippen LogP contribution >= 0.6 is 11.8 Å². The predicted octanol–water partition coefficient (Wildman–Crippen LogP) is 5.17. The number of nitrogens with one attached hydrogen (secondary N) is 1. The zero-order valence-corrected chi connectivity index (χ0v) is 15.0. The average Bonchev–Trinajstić information content (AvgIpc) is 2.32. The Bertz CT molecular complexity index is 395. The lowest BCUT2D eigenvalue weighted by molar-refractivity contribution is 0.584. The molecule has 0 spiro atoms. The Labute approximate surface area is 129 Å². The Hall–Kier alpha value is -0.470. The molecule has 0 heterocycles. The molecule has 1 aromatic rings. The maximum absolute atomic E-state index is 3.61. The van der Waals surface area contributed by atoms with Crippen LogP contribution in [0.3, 0.4) is 0 Å². The standard InChI is InChI=1S/C18H31NS/c1-8-19-16(13-20-18(5,6)7)14-9-11-15(12-10-14)17(2,3)4/h9-12,16,19H,8,13H2,1-7H3. The summed E-state index contributed by atoms with van der Waals surface area (Å²) in [6.07, 6.45) is 0. The first kappa shape index (κ1) is 17.6. The molecule has 0 aliphatic heterocycles. The quantitative estimate of drug-likeness (QED) is 0.804. The summed E-state index contributed by atoms with van der Waals surface area (Å²) in [6.45, 7) is 16.8. The van der Waals surface area contributed by atoms with Crippen LogP contribution in [0.1, 0.15) is 65.6 Å². The van der Waals surface area contributed by atoms with Gasteiger partial charge in [0.05, 0.1) is 0 Å². The topological polar surface area (TPSA) is 12.0 Å². The van der Waals surface area contributed by atoms with Gasteiger partial charge in [-0.2, -0.15) is 11.8 Å². The van der Waals surface area contributed by atoms with Crippen LogP contribution in [0, 0.1) is 0 Å². The second-order valence-electron chi connectivity index (χ2n) is 7.41. The van der Waals surface area contributed by atoms with Crippen LogP contribution in [0.4, 0.5) is 0 Å². The largest absolute Gasteiger partial charge is 0.310 e. The molecule has 1 atom stereocenters.